The lowest BCUT2D eigenvalue weighted by atomic mass is 10.1. The van der Waals surface area contributed by atoms with Crippen molar-refractivity contribution in [1.82, 2.24) is 9.88 Å². The highest BCUT2D eigenvalue weighted by Crippen LogP contribution is 2.31. The number of thiazole rings is 1. The summed E-state index contributed by atoms with van der Waals surface area (Å²) in [5.41, 5.74) is 2.75. The van der Waals surface area contributed by atoms with Crippen LogP contribution in [0.3, 0.4) is 0 Å². The third-order valence-corrected chi connectivity index (χ3v) is 9.09. The highest BCUT2D eigenvalue weighted by molar-refractivity contribution is 8.00. The van der Waals surface area contributed by atoms with Crippen molar-refractivity contribution in [3.63, 3.8) is 0 Å². The second-order valence-corrected chi connectivity index (χ2v) is 11.6. The summed E-state index contributed by atoms with van der Waals surface area (Å²) < 4.78 is 25.8. The second-order valence-electron chi connectivity index (χ2n) is 7.08. The third-order valence-electron chi connectivity index (χ3n) is 5.09. The standard InChI is InChI=1S/C21H22N2O3S3/c1-2-23(17-11-12-29(25,26)14-17)20(24)16-9-7-15(8-10-16)13-27-21-22-18-5-3-4-6-19(18)28-21/h3-10,17H,2,11-14H2,1H3/t17-/m0/s1. The van der Waals surface area contributed by atoms with Gasteiger partial charge >= 0.3 is 0 Å². The first-order valence-corrected chi connectivity index (χ1v) is 13.2. The lowest BCUT2D eigenvalue weighted by Gasteiger charge is -2.27. The molecule has 0 spiro atoms. The Morgan fingerprint density at radius 2 is 1.97 bits per heavy atom. The minimum atomic E-state index is -3.02. The number of rotatable bonds is 6. The van der Waals surface area contributed by atoms with Gasteiger partial charge in [0.05, 0.1) is 21.7 Å². The van der Waals surface area contributed by atoms with Crippen LogP contribution in [-0.4, -0.2) is 48.3 Å². The Morgan fingerprint density at radius 3 is 2.62 bits per heavy atom. The Balaban J connectivity index is 1.40. The molecule has 0 radical (unpaired) electrons. The molecule has 2 heterocycles. The number of carbonyl (C=O) groups is 1. The van der Waals surface area contributed by atoms with Gasteiger partial charge in [0.1, 0.15) is 0 Å². The fourth-order valence-electron chi connectivity index (χ4n) is 3.56. The van der Waals surface area contributed by atoms with Crippen LogP contribution in [-0.2, 0) is 15.6 Å². The Morgan fingerprint density at radius 1 is 1.21 bits per heavy atom. The minimum Gasteiger partial charge on any atom is -0.335 e. The van der Waals surface area contributed by atoms with E-state index in [9.17, 15) is 13.2 Å². The predicted molar refractivity (Wildman–Crippen MR) is 119 cm³/mol. The molecule has 1 aliphatic rings. The first-order chi connectivity index (χ1) is 13.9. The maximum absolute atomic E-state index is 12.9. The van der Waals surface area contributed by atoms with Gasteiger partial charge in [-0.2, -0.15) is 0 Å². The molecule has 1 amide bonds. The van der Waals surface area contributed by atoms with Crippen molar-refractivity contribution in [3.05, 3.63) is 59.7 Å². The van der Waals surface area contributed by atoms with Crippen LogP contribution in [0.25, 0.3) is 10.2 Å². The third kappa shape index (κ3) is 4.65. The van der Waals surface area contributed by atoms with E-state index in [0.29, 0.717) is 18.5 Å². The van der Waals surface area contributed by atoms with Crippen LogP contribution < -0.4 is 0 Å². The smallest absolute Gasteiger partial charge is 0.254 e. The molecule has 1 fully saturated rings. The van der Waals surface area contributed by atoms with Crippen molar-refractivity contribution in [2.24, 2.45) is 0 Å². The van der Waals surface area contributed by atoms with Gasteiger partial charge in [-0.05, 0) is 43.2 Å². The molecule has 29 heavy (non-hydrogen) atoms. The molecule has 0 bridgehead atoms. The SMILES string of the molecule is CCN(C(=O)c1ccc(CSc2nc3ccccc3s2)cc1)[C@H]1CCS(=O)(=O)C1. The van der Waals surface area contributed by atoms with Crippen LogP contribution in [0.5, 0.6) is 0 Å². The molecule has 1 saturated heterocycles. The van der Waals surface area contributed by atoms with E-state index in [2.05, 4.69) is 11.1 Å². The van der Waals surface area contributed by atoms with E-state index in [-0.39, 0.29) is 23.5 Å². The molecule has 1 aliphatic heterocycles. The van der Waals surface area contributed by atoms with Crippen LogP contribution in [0, 0.1) is 0 Å². The van der Waals surface area contributed by atoms with Crippen molar-refractivity contribution in [3.8, 4) is 0 Å². The first kappa shape index (κ1) is 20.4. The second kappa shape index (κ2) is 8.45. The van der Waals surface area contributed by atoms with E-state index in [1.165, 1.54) is 4.70 Å². The number of para-hydroxylation sites is 1. The highest BCUT2D eigenvalue weighted by atomic mass is 32.2. The van der Waals surface area contributed by atoms with Crippen molar-refractivity contribution in [2.75, 3.05) is 18.1 Å². The maximum atomic E-state index is 12.9. The average Bonchev–Trinajstić information content (AvgIpc) is 3.29. The molecule has 0 saturated carbocycles. The van der Waals surface area contributed by atoms with E-state index in [0.717, 1.165) is 21.2 Å². The molecule has 1 aromatic heterocycles. The molecule has 2 aromatic carbocycles. The Bertz CT molecular complexity index is 1090. The number of amides is 1. The summed E-state index contributed by atoms with van der Waals surface area (Å²) in [4.78, 5) is 19.2. The highest BCUT2D eigenvalue weighted by Gasteiger charge is 2.34. The fraction of sp³-hybridized carbons (Fsp3) is 0.333. The molecule has 152 valence electrons. The molecule has 4 rings (SSSR count). The zero-order chi connectivity index (χ0) is 20.4. The van der Waals surface area contributed by atoms with Gasteiger partial charge in [0.25, 0.3) is 5.91 Å². The van der Waals surface area contributed by atoms with Crippen molar-refractivity contribution in [1.29, 1.82) is 0 Å². The van der Waals surface area contributed by atoms with Gasteiger partial charge in [0.2, 0.25) is 0 Å². The lowest BCUT2D eigenvalue weighted by Crippen LogP contribution is -2.40. The molecule has 0 unspecified atom stereocenters. The number of nitrogens with zero attached hydrogens (tertiary/aromatic N) is 2. The number of thioether (sulfide) groups is 1. The first-order valence-electron chi connectivity index (χ1n) is 9.54. The minimum absolute atomic E-state index is 0.0729. The molecule has 0 aliphatic carbocycles. The topological polar surface area (TPSA) is 67.3 Å². The van der Waals surface area contributed by atoms with E-state index >= 15 is 0 Å². The van der Waals surface area contributed by atoms with Gasteiger partial charge in [-0.15, -0.1) is 11.3 Å². The Kier molecular flexibility index (Phi) is 5.94. The largest absolute Gasteiger partial charge is 0.335 e. The fourth-order valence-corrected chi connectivity index (χ4v) is 7.31. The van der Waals surface area contributed by atoms with E-state index < -0.39 is 9.84 Å². The van der Waals surface area contributed by atoms with E-state index in [4.69, 9.17) is 0 Å². The van der Waals surface area contributed by atoms with Crippen molar-refractivity contribution in [2.45, 2.75) is 29.5 Å². The normalized spacial score (nSPS) is 18.2. The van der Waals surface area contributed by atoms with E-state index in [1.54, 1.807) is 28.0 Å². The Labute approximate surface area is 179 Å². The molecule has 8 heteroatoms. The zero-order valence-corrected chi connectivity index (χ0v) is 18.5. The lowest BCUT2D eigenvalue weighted by molar-refractivity contribution is 0.0708. The number of hydrogen-bond acceptors (Lipinski definition) is 6. The van der Waals surface area contributed by atoms with Gasteiger partial charge in [-0.3, -0.25) is 4.79 Å². The quantitative estimate of drug-likeness (QED) is 0.530. The number of sulfone groups is 1. The van der Waals surface area contributed by atoms with Gasteiger partial charge in [0.15, 0.2) is 14.2 Å². The summed E-state index contributed by atoms with van der Waals surface area (Å²) >= 11 is 3.38. The van der Waals surface area contributed by atoms with Gasteiger partial charge < -0.3 is 4.90 Å². The maximum Gasteiger partial charge on any atom is 0.254 e. The summed E-state index contributed by atoms with van der Waals surface area (Å²) in [6.45, 7) is 2.40. The molecule has 0 N–H and O–H groups in total. The monoisotopic (exact) mass is 446 g/mol. The summed E-state index contributed by atoms with van der Waals surface area (Å²) in [6, 6.07) is 15.5. The number of aromatic nitrogens is 1. The van der Waals surface area contributed by atoms with Gasteiger partial charge in [0, 0.05) is 23.9 Å². The number of hydrogen-bond donors (Lipinski definition) is 0. The predicted octanol–water partition coefficient (Wildman–Crippen LogP) is 4.24. The van der Waals surface area contributed by atoms with Crippen molar-refractivity contribution < 1.29 is 13.2 Å². The summed E-state index contributed by atoms with van der Waals surface area (Å²) in [5, 5.41) is 0. The summed E-state index contributed by atoms with van der Waals surface area (Å²) in [7, 11) is -3.02. The Hall–Kier alpha value is -1.90. The van der Waals surface area contributed by atoms with E-state index in [1.807, 2.05) is 49.4 Å². The van der Waals surface area contributed by atoms with Crippen LogP contribution in [0.15, 0.2) is 52.9 Å². The van der Waals surface area contributed by atoms with Crippen LogP contribution in [0.1, 0.15) is 29.3 Å². The van der Waals surface area contributed by atoms with Gasteiger partial charge in [-0.25, -0.2) is 13.4 Å². The van der Waals surface area contributed by atoms with Gasteiger partial charge in [-0.1, -0.05) is 36.0 Å². The van der Waals surface area contributed by atoms with Crippen molar-refractivity contribution >= 4 is 49.1 Å². The molecule has 1 atom stereocenters. The van der Waals surface area contributed by atoms with Crippen LogP contribution in [0.4, 0.5) is 0 Å². The number of benzene rings is 2. The zero-order valence-electron chi connectivity index (χ0n) is 16.1. The summed E-state index contributed by atoms with van der Waals surface area (Å²) in [5.74, 6) is 0.930. The van der Waals surface area contributed by atoms with Crippen LogP contribution in [0.2, 0.25) is 0 Å². The molecular weight excluding hydrogens is 424 g/mol. The van der Waals surface area contributed by atoms with Crippen LogP contribution >= 0.6 is 23.1 Å². The number of fused-ring (bicyclic) bond motifs is 1. The molecular formula is C21H22N2O3S3. The molecule has 5 nitrogen and oxygen atoms in total. The molecule has 3 aromatic rings. The number of carbonyl (C=O) groups excluding carboxylic acids is 1. The summed E-state index contributed by atoms with van der Waals surface area (Å²) in [6.07, 6.45) is 0.527. The average molecular weight is 447 g/mol.